The molecule has 0 radical (unpaired) electrons. The number of carbonyl (C=O) groups excluding carboxylic acids is 1. The largest absolute Gasteiger partial charge is 0.490 e. The summed E-state index contributed by atoms with van der Waals surface area (Å²) < 4.78 is 11.6. The van der Waals surface area contributed by atoms with Crippen LogP contribution < -0.4 is 4.74 Å². The van der Waals surface area contributed by atoms with E-state index >= 15 is 0 Å². The normalized spacial score (nSPS) is 21.5. The highest BCUT2D eigenvalue weighted by atomic mass is 16.5. The molecule has 0 bridgehead atoms. The molecule has 4 heteroatoms. The molecule has 1 aromatic carbocycles. The van der Waals surface area contributed by atoms with E-state index < -0.39 is 0 Å². The maximum absolute atomic E-state index is 13.0. The molecule has 0 spiro atoms. The minimum atomic E-state index is 0.0768. The quantitative estimate of drug-likeness (QED) is 0.806. The smallest absolute Gasteiger partial charge is 0.257 e. The Bertz CT molecular complexity index is 519. The Morgan fingerprint density at radius 1 is 1.26 bits per heavy atom. The molecule has 2 aliphatic rings. The predicted octanol–water partition coefficient (Wildman–Crippen LogP) is 3.51. The van der Waals surface area contributed by atoms with Crippen LogP contribution in [0.25, 0.3) is 0 Å². The topological polar surface area (TPSA) is 38.8 Å². The lowest BCUT2D eigenvalue weighted by atomic mass is 10.1. The summed E-state index contributed by atoms with van der Waals surface area (Å²) in [5.41, 5.74) is 0.695. The molecular formula is C19H27NO3. The van der Waals surface area contributed by atoms with Crippen molar-refractivity contribution in [2.75, 3.05) is 26.3 Å². The van der Waals surface area contributed by atoms with E-state index in [2.05, 4.69) is 0 Å². The first-order chi connectivity index (χ1) is 11.3. The summed E-state index contributed by atoms with van der Waals surface area (Å²) in [5, 5.41) is 0. The van der Waals surface area contributed by atoms with E-state index in [0.717, 1.165) is 44.8 Å². The summed E-state index contributed by atoms with van der Waals surface area (Å²) in [5.74, 6) is 1.28. The fourth-order valence-electron chi connectivity index (χ4n) is 3.50. The summed E-state index contributed by atoms with van der Waals surface area (Å²) in [6.07, 6.45) is 5.96. The van der Waals surface area contributed by atoms with Crippen LogP contribution in [-0.4, -0.2) is 43.2 Å². The first-order valence-corrected chi connectivity index (χ1v) is 8.90. The van der Waals surface area contributed by atoms with Gasteiger partial charge in [0, 0.05) is 25.6 Å². The Labute approximate surface area is 138 Å². The van der Waals surface area contributed by atoms with Gasteiger partial charge in [0.1, 0.15) is 5.75 Å². The molecule has 4 nitrogen and oxygen atoms in total. The molecule has 1 aliphatic heterocycles. The second-order valence-electron chi connectivity index (χ2n) is 6.59. The van der Waals surface area contributed by atoms with Crippen molar-refractivity contribution in [1.29, 1.82) is 0 Å². The van der Waals surface area contributed by atoms with Crippen LogP contribution in [0.4, 0.5) is 0 Å². The maximum atomic E-state index is 13.0. The van der Waals surface area contributed by atoms with Crippen LogP contribution in [0, 0.1) is 5.92 Å². The Morgan fingerprint density at radius 2 is 2.04 bits per heavy atom. The number of amides is 1. The minimum absolute atomic E-state index is 0.0768. The number of carbonyl (C=O) groups is 1. The molecule has 1 aliphatic carbocycles. The molecule has 1 aromatic rings. The molecule has 1 atom stereocenters. The van der Waals surface area contributed by atoms with Crippen molar-refractivity contribution < 1.29 is 14.3 Å². The zero-order valence-corrected chi connectivity index (χ0v) is 14.0. The molecule has 1 saturated heterocycles. The van der Waals surface area contributed by atoms with Crippen LogP contribution in [0.2, 0.25) is 0 Å². The Balaban J connectivity index is 1.71. The second-order valence-corrected chi connectivity index (χ2v) is 6.59. The van der Waals surface area contributed by atoms with Crippen molar-refractivity contribution in [2.24, 2.45) is 5.92 Å². The first kappa shape index (κ1) is 16.3. The zero-order valence-electron chi connectivity index (χ0n) is 14.0. The van der Waals surface area contributed by atoms with Crippen LogP contribution >= 0.6 is 0 Å². The third kappa shape index (κ3) is 4.05. The van der Waals surface area contributed by atoms with Crippen molar-refractivity contribution >= 4 is 5.91 Å². The average molecular weight is 317 g/mol. The second kappa shape index (κ2) is 7.82. The Morgan fingerprint density at radius 3 is 2.74 bits per heavy atom. The van der Waals surface area contributed by atoms with Crippen molar-refractivity contribution in [3.8, 4) is 5.75 Å². The third-order valence-electron chi connectivity index (χ3n) is 4.88. The van der Waals surface area contributed by atoms with E-state index in [1.165, 1.54) is 12.8 Å². The SMILES string of the molecule is CCN(C[C@H]1CCOC1)C(=O)c1ccccc1OC1CCCC1. The molecule has 23 heavy (non-hydrogen) atoms. The lowest BCUT2D eigenvalue weighted by Gasteiger charge is -2.25. The van der Waals surface area contributed by atoms with Crippen molar-refractivity contribution in [3.63, 3.8) is 0 Å². The molecule has 0 aromatic heterocycles. The van der Waals surface area contributed by atoms with Gasteiger partial charge in [-0.3, -0.25) is 4.79 Å². The highest BCUT2D eigenvalue weighted by Crippen LogP contribution is 2.27. The Hall–Kier alpha value is -1.55. The predicted molar refractivity (Wildman–Crippen MR) is 89.8 cm³/mol. The third-order valence-corrected chi connectivity index (χ3v) is 4.88. The van der Waals surface area contributed by atoms with Crippen molar-refractivity contribution in [3.05, 3.63) is 29.8 Å². The van der Waals surface area contributed by atoms with Gasteiger partial charge < -0.3 is 14.4 Å². The standard InChI is InChI=1S/C19H27NO3/c1-2-20(13-15-11-12-22-14-15)19(21)17-9-5-6-10-18(17)23-16-7-3-4-8-16/h5-6,9-10,15-16H,2-4,7-8,11-14H2,1H3/t15-/m1/s1. The van der Waals surface area contributed by atoms with Gasteiger partial charge in [-0.1, -0.05) is 12.1 Å². The van der Waals surface area contributed by atoms with Gasteiger partial charge in [0.05, 0.1) is 18.3 Å². The number of ether oxygens (including phenoxy) is 2. The zero-order chi connectivity index (χ0) is 16.1. The van der Waals surface area contributed by atoms with E-state index in [0.29, 0.717) is 18.0 Å². The molecule has 1 amide bonds. The number of hydrogen-bond acceptors (Lipinski definition) is 3. The van der Waals surface area contributed by atoms with Crippen molar-refractivity contribution in [2.45, 2.75) is 45.1 Å². The molecule has 126 valence electrons. The van der Waals surface area contributed by atoms with Crippen LogP contribution in [0.3, 0.4) is 0 Å². The lowest BCUT2D eigenvalue weighted by molar-refractivity contribution is 0.0723. The summed E-state index contributed by atoms with van der Waals surface area (Å²) in [4.78, 5) is 14.9. The van der Waals surface area contributed by atoms with Gasteiger partial charge in [0.25, 0.3) is 5.91 Å². The minimum Gasteiger partial charge on any atom is -0.490 e. The lowest BCUT2D eigenvalue weighted by Crippen LogP contribution is -2.35. The molecule has 3 rings (SSSR count). The Kier molecular flexibility index (Phi) is 5.55. The van der Waals surface area contributed by atoms with E-state index in [9.17, 15) is 4.79 Å². The van der Waals surface area contributed by atoms with Gasteiger partial charge in [-0.2, -0.15) is 0 Å². The molecule has 1 heterocycles. The van der Waals surface area contributed by atoms with Crippen molar-refractivity contribution in [1.82, 2.24) is 4.90 Å². The van der Waals surface area contributed by atoms with E-state index in [1.54, 1.807) is 0 Å². The summed E-state index contributed by atoms with van der Waals surface area (Å²) >= 11 is 0. The number of hydrogen-bond donors (Lipinski definition) is 0. The average Bonchev–Trinajstić information content (AvgIpc) is 3.26. The number of nitrogens with zero attached hydrogens (tertiary/aromatic N) is 1. The fraction of sp³-hybridized carbons (Fsp3) is 0.632. The summed E-state index contributed by atoms with van der Waals surface area (Å²) in [7, 11) is 0. The van der Waals surface area contributed by atoms with Gasteiger partial charge >= 0.3 is 0 Å². The number of benzene rings is 1. The first-order valence-electron chi connectivity index (χ1n) is 8.90. The molecular weight excluding hydrogens is 290 g/mol. The van der Waals surface area contributed by atoms with Crippen LogP contribution in [0.1, 0.15) is 49.4 Å². The van der Waals surface area contributed by atoms with Crippen LogP contribution in [0.15, 0.2) is 24.3 Å². The van der Waals surface area contributed by atoms with E-state index in [4.69, 9.17) is 9.47 Å². The summed E-state index contributed by atoms with van der Waals surface area (Å²) in [6.45, 7) is 5.11. The van der Waals surface area contributed by atoms with E-state index in [-0.39, 0.29) is 12.0 Å². The monoisotopic (exact) mass is 317 g/mol. The molecule has 2 fully saturated rings. The van der Waals surface area contributed by atoms with Gasteiger partial charge in [-0.15, -0.1) is 0 Å². The van der Waals surface area contributed by atoms with Gasteiger partial charge in [-0.25, -0.2) is 0 Å². The fourth-order valence-corrected chi connectivity index (χ4v) is 3.50. The highest BCUT2D eigenvalue weighted by molar-refractivity contribution is 5.97. The van der Waals surface area contributed by atoms with Gasteiger partial charge in [0.2, 0.25) is 0 Å². The molecule has 0 unspecified atom stereocenters. The van der Waals surface area contributed by atoms with E-state index in [1.807, 2.05) is 36.1 Å². The number of rotatable bonds is 6. The molecule has 0 N–H and O–H groups in total. The maximum Gasteiger partial charge on any atom is 0.257 e. The van der Waals surface area contributed by atoms with Gasteiger partial charge in [0.15, 0.2) is 0 Å². The highest BCUT2D eigenvalue weighted by Gasteiger charge is 2.25. The van der Waals surface area contributed by atoms with Crippen LogP contribution in [-0.2, 0) is 4.74 Å². The van der Waals surface area contributed by atoms with Crippen LogP contribution in [0.5, 0.6) is 5.75 Å². The number of para-hydroxylation sites is 1. The molecule has 1 saturated carbocycles. The summed E-state index contributed by atoms with van der Waals surface area (Å²) in [6, 6.07) is 7.68. The van der Waals surface area contributed by atoms with Gasteiger partial charge in [-0.05, 0) is 51.2 Å².